The van der Waals surface area contributed by atoms with Crippen LogP contribution in [0.1, 0.15) is 77.8 Å². The van der Waals surface area contributed by atoms with E-state index in [1.165, 1.54) is 0 Å². The number of hydrogen-bond acceptors (Lipinski definition) is 6. The summed E-state index contributed by atoms with van der Waals surface area (Å²) < 4.78 is 16.6. The van der Waals surface area contributed by atoms with E-state index in [4.69, 9.17) is 25.5 Å². The summed E-state index contributed by atoms with van der Waals surface area (Å²) in [4.78, 5) is 31.5. The molecule has 8 nitrogen and oxygen atoms in total. The second-order valence-electron chi connectivity index (χ2n) is 10.9. The molecule has 2 amide bonds. The zero-order valence-corrected chi connectivity index (χ0v) is 22.4. The predicted octanol–water partition coefficient (Wildman–Crippen LogP) is 6.46. The van der Waals surface area contributed by atoms with Crippen LogP contribution >= 0.6 is 11.6 Å². The van der Waals surface area contributed by atoms with Crippen LogP contribution in [0.15, 0.2) is 28.9 Å². The van der Waals surface area contributed by atoms with E-state index in [0.717, 1.165) is 17.7 Å². The van der Waals surface area contributed by atoms with E-state index in [-0.39, 0.29) is 18.4 Å². The molecule has 9 heteroatoms. The van der Waals surface area contributed by atoms with Gasteiger partial charge in [-0.25, -0.2) is 14.6 Å². The molecule has 0 aliphatic heterocycles. The van der Waals surface area contributed by atoms with Crippen molar-refractivity contribution in [2.45, 2.75) is 85.0 Å². The Morgan fingerprint density at radius 1 is 1.20 bits per heavy atom. The second-order valence-corrected chi connectivity index (χ2v) is 11.3. The van der Waals surface area contributed by atoms with Crippen molar-refractivity contribution in [3.05, 3.63) is 46.6 Å². The van der Waals surface area contributed by atoms with Crippen LogP contribution < -0.4 is 10.2 Å². The maximum atomic E-state index is 13.3. The van der Waals surface area contributed by atoms with Crippen LogP contribution in [0, 0.1) is 5.92 Å². The number of carbonyl (C=O) groups is 2. The molecule has 0 spiro atoms. The first kappa shape index (κ1) is 26.9. The first-order valence-corrected chi connectivity index (χ1v) is 12.3. The summed E-state index contributed by atoms with van der Waals surface area (Å²) in [5.74, 6) is 0.947. The monoisotopic (exact) mass is 505 g/mol. The van der Waals surface area contributed by atoms with E-state index < -0.39 is 23.4 Å². The molecule has 1 aliphatic rings. The average Bonchev–Trinajstić information content (AvgIpc) is 3.32. The van der Waals surface area contributed by atoms with Gasteiger partial charge in [-0.3, -0.25) is 4.90 Å². The molecule has 0 fully saturated rings. The third-order valence-electron chi connectivity index (χ3n) is 5.69. The number of pyridine rings is 1. The molecule has 2 unspecified atom stereocenters. The highest BCUT2D eigenvalue weighted by Gasteiger charge is 2.36. The fourth-order valence-corrected chi connectivity index (χ4v) is 4.38. The lowest BCUT2D eigenvalue weighted by Crippen LogP contribution is -2.37. The van der Waals surface area contributed by atoms with E-state index in [1.807, 2.05) is 47.6 Å². The van der Waals surface area contributed by atoms with Gasteiger partial charge in [0.2, 0.25) is 0 Å². The highest BCUT2D eigenvalue weighted by atomic mass is 35.5. The van der Waals surface area contributed by atoms with Gasteiger partial charge in [-0.05, 0) is 84.1 Å². The molecule has 2 aromatic rings. The molecule has 2 atom stereocenters. The van der Waals surface area contributed by atoms with Crippen molar-refractivity contribution < 1.29 is 23.5 Å². The Morgan fingerprint density at radius 2 is 1.89 bits per heavy atom. The van der Waals surface area contributed by atoms with Crippen molar-refractivity contribution in [2.24, 2.45) is 5.92 Å². The minimum absolute atomic E-state index is 0.104. The van der Waals surface area contributed by atoms with E-state index in [0.29, 0.717) is 29.6 Å². The molecular weight excluding hydrogens is 470 g/mol. The summed E-state index contributed by atoms with van der Waals surface area (Å²) in [6.45, 7) is 13.8. The molecule has 192 valence electrons. The molecule has 0 bridgehead atoms. The van der Waals surface area contributed by atoms with Gasteiger partial charge in [0.15, 0.2) is 0 Å². The number of anilines is 1. The van der Waals surface area contributed by atoms with Crippen molar-refractivity contribution in [3.8, 4) is 0 Å². The maximum absolute atomic E-state index is 13.3. The number of furan rings is 1. The lowest BCUT2D eigenvalue weighted by molar-refractivity contribution is 0.0522. The normalized spacial score (nSPS) is 17.6. The number of nitrogens with one attached hydrogen (secondary N) is 1. The summed E-state index contributed by atoms with van der Waals surface area (Å²) in [6, 6.07) is 5.30. The number of alkyl carbamates (subject to hydrolysis) is 1. The summed E-state index contributed by atoms with van der Waals surface area (Å²) in [5, 5.41) is 3.14. The molecular formula is C26H36ClN3O5. The number of ether oxygens (including phenoxy) is 2. The van der Waals surface area contributed by atoms with Gasteiger partial charge in [0.05, 0.1) is 24.2 Å². The second kappa shape index (κ2) is 10.5. The van der Waals surface area contributed by atoms with Gasteiger partial charge in [-0.2, -0.15) is 0 Å². The van der Waals surface area contributed by atoms with E-state index in [2.05, 4.69) is 17.2 Å². The molecule has 3 rings (SSSR count). The van der Waals surface area contributed by atoms with Gasteiger partial charge in [-0.15, -0.1) is 0 Å². The van der Waals surface area contributed by atoms with Crippen LogP contribution in [0.25, 0.3) is 0 Å². The third-order valence-corrected chi connectivity index (χ3v) is 5.88. The summed E-state index contributed by atoms with van der Waals surface area (Å²) in [5.41, 5.74) is 1.28. The molecule has 0 saturated heterocycles. The van der Waals surface area contributed by atoms with Crippen molar-refractivity contribution in [1.29, 1.82) is 0 Å². The largest absolute Gasteiger partial charge is 0.467 e. The first-order valence-electron chi connectivity index (χ1n) is 11.9. The van der Waals surface area contributed by atoms with E-state index in [9.17, 15) is 9.59 Å². The Kier molecular flexibility index (Phi) is 8.04. The molecule has 0 saturated carbocycles. The quantitative estimate of drug-likeness (QED) is 0.453. The summed E-state index contributed by atoms with van der Waals surface area (Å²) in [7, 11) is 0. The SMILES string of the molecule is CC1c2nc(Cl)cc(N(Cc3ccco3)C(=O)OC(C)(C)C)c2CC1CCNC(=O)OC(C)(C)C. The van der Waals surface area contributed by atoms with Gasteiger partial charge in [0.1, 0.15) is 22.1 Å². The van der Waals surface area contributed by atoms with Crippen LogP contribution in [0.5, 0.6) is 0 Å². The number of aromatic nitrogens is 1. The van der Waals surface area contributed by atoms with Crippen LogP contribution in [0.3, 0.4) is 0 Å². The minimum atomic E-state index is -0.665. The van der Waals surface area contributed by atoms with Gasteiger partial charge in [-0.1, -0.05) is 18.5 Å². The molecule has 1 aliphatic carbocycles. The number of hydrogen-bond donors (Lipinski definition) is 1. The number of carbonyl (C=O) groups excluding carboxylic acids is 2. The molecule has 2 aromatic heterocycles. The Hall–Kier alpha value is -2.74. The highest BCUT2D eigenvalue weighted by Crippen LogP contribution is 2.44. The fourth-order valence-electron chi connectivity index (χ4n) is 4.18. The summed E-state index contributed by atoms with van der Waals surface area (Å²) in [6.07, 6.45) is 2.09. The number of halogens is 1. The number of fused-ring (bicyclic) bond motifs is 1. The Bertz CT molecular complexity index is 1040. The number of amides is 2. The predicted molar refractivity (Wildman–Crippen MR) is 135 cm³/mol. The Balaban J connectivity index is 1.83. The third kappa shape index (κ3) is 7.37. The average molecular weight is 506 g/mol. The lowest BCUT2D eigenvalue weighted by Gasteiger charge is -2.28. The zero-order chi connectivity index (χ0) is 26.0. The van der Waals surface area contributed by atoms with Gasteiger partial charge >= 0.3 is 12.2 Å². The molecule has 0 radical (unpaired) electrons. The summed E-state index contributed by atoms with van der Waals surface area (Å²) >= 11 is 6.43. The van der Waals surface area contributed by atoms with E-state index >= 15 is 0 Å². The fraction of sp³-hybridized carbons (Fsp3) is 0.577. The van der Waals surface area contributed by atoms with Crippen molar-refractivity contribution in [2.75, 3.05) is 11.4 Å². The Morgan fingerprint density at radius 3 is 2.49 bits per heavy atom. The molecule has 1 N–H and O–H groups in total. The van der Waals surface area contributed by atoms with Crippen LogP contribution in [-0.2, 0) is 22.4 Å². The maximum Gasteiger partial charge on any atom is 0.415 e. The molecule has 0 aromatic carbocycles. The van der Waals surface area contributed by atoms with Crippen LogP contribution in [0.4, 0.5) is 15.3 Å². The Labute approximate surface area is 212 Å². The van der Waals surface area contributed by atoms with Crippen LogP contribution in [-0.4, -0.2) is 34.9 Å². The highest BCUT2D eigenvalue weighted by molar-refractivity contribution is 6.29. The van der Waals surface area contributed by atoms with E-state index in [1.54, 1.807) is 23.3 Å². The van der Waals surface area contributed by atoms with Gasteiger partial charge in [0, 0.05) is 12.5 Å². The van der Waals surface area contributed by atoms with Crippen molar-refractivity contribution in [3.63, 3.8) is 0 Å². The van der Waals surface area contributed by atoms with Crippen molar-refractivity contribution >= 4 is 29.5 Å². The minimum Gasteiger partial charge on any atom is -0.467 e. The lowest BCUT2D eigenvalue weighted by atomic mass is 9.93. The number of nitrogens with zero attached hydrogens (tertiary/aromatic N) is 2. The first-order chi connectivity index (χ1) is 16.2. The van der Waals surface area contributed by atoms with Gasteiger partial charge < -0.3 is 19.2 Å². The smallest absolute Gasteiger partial charge is 0.415 e. The van der Waals surface area contributed by atoms with Crippen molar-refractivity contribution in [1.82, 2.24) is 10.3 Å². The van der Waals surface area contributed by atoms with Gasteiger partial charge in [0.25, 0.3) is 0 Å². The number of rotatable bonds is 6. The standard InChI is InChI=1S/C26H36ClN3O5/c1-16-17(10-11-28-23(31)34-25(2,3)4)13-19-20(14-21(27)29-22(16)19)30(15-18-9-8-12-33-18)24(32)35-26(5,6)7/h8-9,12,14,16-17H,10-11,13,15H2,1-7H3,(H,28,31). The topological polar surface area (TPSA) is 93.9 Å². The van der Waals surface area contributed by atoms with Crippen LogP contribution in [0.2, 0.25) is 5.15 Å². The molecule has 35 heavy (non-hydrogen) atoms. The molecule has 2 heterocycles. The zero-order valence-electron chi connectivity index (χ0n) is 21.6.